The van der Waals surface area contributed by atoms with Crippen LogP contribution < -0.4 is 0 Å². The molecular formula is C7H11NO2. The molecule has 3 nitrogen and oxygen atoms in total. The topological polar surface area (TPSA) is 46.3 Å². The third kappa shape index (κ3) is 1.36. The van der Waals surface area contributed by atoms with Crippen molar-refractivity contribution in [2.75, 3.05) is 0 Å². The lowest BCUT2D eigenvalue weighted by atomic mass is 10.2. The molecule has 1 heterocycles. The van der Waals surface area contributed by atoms with Crippen LogP contribution in [0.4, 0.5) is 0 Å². The number of oxazole rings is 1. The summed E-state index contributed by atoms with van der Waals surface area (Å²) >= 11 is 0. The Morgan fingerprint density at radius 1 is 1.80 bits per heavy atom. The van der Waals surface area contributed by atoms with Gasteiger partial charge in [0.1, 0.15) is 12.0 Å². The van der Waals surface area contributed by atoms with Crippen LogP contribution in [0.15, 0.2) is 10.7 Å². The zero-order valence-corrected chi connectivity index (χ0v) is 6.16. The average molecular weight is 141 g/mol. The molecule has 0 amide bonds. The molecule has 0 spiro atoms. The summed E-state index contributed by atoms with van der Waals surface area (Å²) in [6.45, 7) is 3.65. The standard InChI is InChI=1S/C7H11NO2/c1-3-7(9)6-4-10-5(2)8-6/h4,7,9H,3H2,1-2H3. The highest BCUT2D eigenvalue weighted by Gasteiger charge is 2.07. The Balaban J connectivity index is 2.74. The molecule has 0 saturated carbocycles. The van der Waals surface area contributed by atoms with Gasteiger partial charge in [0.25, 0.3) is 0 Å². The highest BCUT2D eigenvalue weighted by molar-refractivity contribution is 4.98. The molecule has 10 heavy (non-hydrogen) atoms. The third-order valence-corrected chi connectivity index (χ3v) is 1.36. The second-order valence-electron chi connectivity index (χ2n) is 2.22. The second kappa shape index (κ2) is 2.84. The monoisotopic (exact) mass is 141 g/mol. The molecule has 1 aromatic rings. The van der Waals surface area contributed by atoms with Gasteiger partial charge in [-0.05, 0) is 6.42 Å². The molecule has 0 aliphatic rings. The van der Waals surface area contributed by atoms with Crippen LogP contribution in [0.1, 0.15) is 31.0 Å². The third-order valence-electron chi connectivity index (χ3n) is 1.36. The van der Waals surface area contributed by atoms with E-state index in [1.165, 1.54) is 6.26 Å². The zero-order chi connectivity index (χ0) is 7.56. The number of aryl methyl sites for hydroxylation is 1. The molecule has 0 aliphatic carbocycles. The molecule has 0 saturated heterocycles. The largest absolute Gasteiger partial charge is 0.449 e. The van der Waals surface area contributed by atoms with Gasteiger partial charge in [-0.3, -0.25) is 0 Å². The Kier molecular flexibility index (Phi) is 2.06. The Hall–Kier alpha value is -0.830. The van der Waals surface area contributed by atoms with Gasteiger partial charge in [0.05, 0.1) is 6.10 Å². The van der Waals surface area contributed by atoms with Gasteiger partial charge < -0.3 is 9.52 Å². The van der Waals surface area contributed by atoms with Crippen LogP contribution in [0.5, 0.6) is 0 Å². The molecule has 1 unspecified atom stereocenters. The van der Waals surface area contributed by atoms with Gasteiger partial charge >= 0.3 is 0 Å². The minimum Gasteiger partial charge on any atom is -0.449 e. The predicted molar refractivity (Wildman–Crippen MR) is 36.5 cm³/mol. The SMILES string of the molecule is CCC(O)c1coc(C)n1. The van der Waals surface area contributed by atoms with Crippen molar-refractivity contribution in [1.82, 2.24) is 4.98 Å². The van der Waals surface area contributed by atoms with E-state index in [1.54, 1.807) is 6.92 Å². The number of hydrogen-bond acceptors (Lipinski definition) is 3. The van der Waals surface area contributed by atoms with Gasteiger partial charge in [0, 0.05) is 6.92 Å². The Bertz CT molecular complexity index is 207. The molecule has 0 bridgehead atoms. The van der Waals surface area contributed by atoms with E-state index in [-0.39, 0.29) is 0 Å². The number of hydrogen-bond donors (Lipinski definition) is 1. The van der Waals surface area contributed by atoms with Crippen LogP contribution in [-0.2, 0) is 0 Å². The Morgan fingerprint density at radius 2 is 2.50 bits per heavy atom. The summed E-state index contributed by atoms with van der Waals surface area (Å²) in [5, 5.41) is 9.22. The predicted octanol–water partition coefficient (Wildman–Crippen LogP) is 1.43. The maximum atomic E-state index is 9.22. The molecule has 1 aromatic heterocycles. The Morgan fingerprint density at radius 3 is 2.90 bits per heavy atom. The van der Waals surface area contributed by atoms with Crippen LogP contribution in [0, 0.1) is 6.92 Å². The van der Waals surface area contributed by atoms with Crippen molar-refractivity contribution in [1.29, 1.82) is 0 Å². The van der Waals surface area contributed by atoms with Crippen molar-refractivity contribution in [2.24, 2.45) is 0 Å². The van der Waals surface area contributed by atoms with Gasteiger partial charge in [-0.15, -0.1) is 0 Å². The van der Waals surface area contributed by atoms with Crippen molar-refractivity contribution in [3.63, 3.8) is 0 Å². The van der Waals surface area contributed by atoms with Gasteiger partial charge in [-0.25, -0.2) is 4.98 Å². The van der Waals surface area contributed by atoms with Crippen molar-refractivity contribution in [3.05, 3.63) is 17.8 Å². The first-order chi connectivity index (χ1) is 4.74. The fraction of sp³-hybridized carbons (Fsp3) is 0.571. The summed E-state index contributed by atoms with van der Waals surface area (Å²) in [7, 11) is 0. The summed E-state index contributed by atoms with van der Waals surface area (Å²) < 4.78 is 4.92. The van der Waals surface area contributed by atoms with Gasteiger partial charge in [0.2, 0.25) is 0 Å². The molecule has 0 aliphatic heterocycles. The van der Waals surface area contributed by atoms with Gasteiger partial charge in [0.15, 0.2) is 5.89 Å². The summed E-state index contributed by atoms with van der Waals surface area (Å²) in [5.41, 5.74) is 0.625. The number of aliphatic hydroxyl groups is 1. The minimum absolute atomic E-state index is 0.475. The van der Waals surface area contributed by atoms with E-state index < -0.39 is 6.10 Å². The number of aromatic nitrogens is 1. The van der Waals surface area contributed by atoms with E-state index in [4.69, 9.17) is 4.42 Å². The molecule has 0 fully saturated rings. The van der Waals surface area contributed by atoms with E-state index >= 15 is 0 Å². The second-order valence-corrected chi connectivity index (χ2v) is 2.22. The van der Waals surface area contributed by atoms with Crippen molar-refractivity contribution in [3.8, 4) is 0 Å². The number of rotatable bonds is 2. The molecule has 56 valence electrons. The maximum absolute atomic E-state index is 9.22. The number of aliphatic hydroxyl groups excluding tert-OH is 1. The molecular weight excluding hydrogens is 130 g/mol. The lowest BCUT2D eigenvalue weighted by molar-refractivity contribution is 0.168. The summed E-state index contributed by atoms with van der Waals surface area (Å²) in [6, 6.07) is 0. The van der Waals surface area contributed by atoms with Gasteiger partial charge in [-0.1, -0.05) is 6.92 Å². The van der Waals surface area contributed by atoms with Gasteiger partial charge in [-0.2, -0.15) is 0 Å². The van der Waals surface area contributed by atoms with E-state index in [0.29, 0.717) is 18.0 Å². The van der Waals surface area contributed by atoms with Crippen LogP contribution in [0.2, 0.25) is 0 Å². The van der Waals surface area contributed by atoms with E-state index in [2.05, 4.69) is 4.98 Å². The normalized spacial score (nSPS) is 13.5. The quantitative estimate of drug-likeness (QED) is 0.677. The molecule has 1 atom stereocenters. The van der Waals surface area contributed by atoms with Crippen LogP contribution in [0.3, 0.4) is 0 Å². The zero-order valence-electron chi connectivity index (χ0n) is 6.16. The smallest absolute Gasteiger partial charge is 0.191 e. The van der Waals surface area contributed by atoms with E-state index in [0.717, 1.165) is 0 Å². The first-order valence-corrected chi connectivity index (χ1v) is 3.34. The lowest BCUT2D eigenvalue weighted by Crippen LogP contribution is -1.94. The maximum Gasteiger partial charge on any atom is 0.191 e. The minimum atomic E-state index is -0.475. The highest BCUT2D eigenvalue weighted by atomic mass is 16.3. The Labute approximate surface area is 59.7 Å². The first kappa shape index (κ1) is 7.28. The van der Waals surface area contributed by atoms with Crippen LogP contribution in [-0.4, -0.2) is 10.1 Å². The van der Waals surface area contributed by atoms with Crippen molar-refractivity contribution < 1.29 is 9.52 Å². The molecule has 0 aromatic carbocycles. The van der Waals surface area contributed by atoms with Crippen molar-refractivity contribution >= 4 is 0 Å². The lowest BCUT2D eigenvalue weighted by Gasteiger charge is -1.99. The average Bonchev–Trinajstić information content (AvgIpc) is 2.34. The summed E-state index contributed by atoms with van der Waals surface area (Å²) in [4.78, 5) is 3.96. The van der Waals surface area contributed by atoms with Crippen molar-refractivity contribution in [2.45, 2.75) is 26.4 Å². The molecule has 0 radical (unpaired) electrons. The molecule has 1 rings (SSSR count). The highest BCUT2D eigenvalue weighted by Crippen LogP contribution is 2.14. The first-order valence-electron chi connectivity index (χ1n) is 3.34. The summed E-state index contributed by atoms with van der Waals surface area (Å²) in [6.07, 6.45) is 1.69. The number of nitrogens with zero attached hydrogens (tertiary/aromatic N) is 1. The van der Waals surface area contributed by atoms with Crippen LogP contribution >= 0.6 is 0 Å². The molecule has 3 heteroatoms. The van der Waals surface area contributed by atoms with E-state index in [9.17, 15) is 5.11 Å². The molecule has 1 N–H and O–H groups in total. The fourth-order valence-electron chi connectivity index (χ4n) is 0.742. The van der Waals surface area contributed by atoms with Crippen LogP contribution in [0.25, 0.3) is 0 Å². The summed E-state index contributed by atoms with van der Waals surface area (Å²) in [5.74, 6) is 0.600. The fourth-order valence-corrected chi connectivity index (χ4v) is 0.742. The van der Waals surface area contributed by atoms with E-state index in [1.807, 2.05) is 6.92 Å².